The predicted molar refractivity (Wildman–Crippen MR) is 106 cm³/mol. The van der Waals surface area contributed by atoms with Crippen LogP contribution in [0.25, 0.3) is 0 Å². The lowest BCUT2D eigenvalue weighted by Crippen LogP contribution is -2.50. The number of piperidine rings is 1. The number of benzene rings is 2. The zero-order chi connectivity index (χ0) is 19.6. The molecule has 6 heteroatoms. The van der Waals surface area contributed by atoms with Crippen LogP contribution in [0.4, 0.5) is 0 Å². The molecule has 4 rings (SSSR count). The number of hydrogen-bond donors (Lipinski definition) is 2. The molecular weight excluding hydrogens is 354 g/mol. The van der Waals surface area contributed by atoms with Gasteiger partial charge in [-0.3, -0.25) is 14.6 Å². The van der Waals surface area contributed by atoms with Crippen LogP contribution < -0.4 is 11.2 Å². The summed E-state index contributed by atoms with van der Waals surface area (Å²) in [6.45, 7) is 1.04. The van der Waals surface area contributed by atoms with Gasteiger partial charge in [-0.1, -0.05) is 60.7 Å². The molecule has 0 unspecified atom stereocenters. The second-order valence-corrected chi connectivity index (χ2v) is 7.13. The molecule has 0 radical (unpaired) electrons. The van der Waals surface area contributed by atoms with Crippen molar-refractivity contribution in [3.05, 3.63) is 104 Å². The normalized spacial score (nSPS) is 15.9. The molecule has 0 atom stereocenters. The Morgan fingerprint density at radius 3 is 2.11 bits per heavy atom. The third-order valence-corrected chi connectivity index (χ3v) is 5.48. The first-order valence-electron chi connectivity index (χ1n) is 9.32. The van der Waals surface area contributed by atoms with Crippen molar-refractivity contribution in [1.29, 1.82) is 0 Å². The van der Waals surface area contributed by atoms with Gasteiger partial charge < -0.3 is 9.88 Å². The van der Waals surface area contributed by atoms with Gasteiger partial charge in [-0.05, 0) is 24.0 Å². The SMILES string of the molecule is O=C(c1c[nH]c(=O)[nH]c1=O)N1CCCC(c2ccccc2)(c2ccccc2)C1. The largest absolute Gasteiger partial charge is 0.337 e. The van der Waals surface area contributed by atoms with Crippen molar-refractivity contribution < 1.29 is 4.79 Å². The lowest BCUT2D eigenvalue weighted by molar-refractivity contribution is 0.0664. The van der Waals surface area contributed by atoms with Gasteiger partial charge in [0.1, 0.15) is 5.56 Å². The van der Waals surface area contributed by atoms with E-state index in [0.717, 1.165) is 24.0 Å². The summed E-state index contributed by atoms with van der Waals surface area (Å²) in [6.07, 6.45) is 2.92. The fourth-order valence-electron chi connectivity index (χ4n) is 4.12. The van der Waals surface area contributed by atoms with Gasteiger partial charge in [0.2, 0.25) is 0 Å². The number of nitrogens with zero attached hydrogens (tertiary/aromatic N) is 1. The Morgan fingerprint density at radius 1 is 0.929 bits per heavy atom. The van der Waals surface area contributed by atoms with Crippen LogP contribution in [0.1, 0.15) is 34.3 Å². The van der Waals surface area contributed by atoms with Gasteiger partial charge in [0.25, 0.3) is 11.5 Å². The van der Waals surface area contributed by atoms with E-state index in [4.69, 9.17) is 0 Å². The van der Waals surface area contributed by atoms with Gasteiger partial charge in [-0.15, -0.1) is 0 Å². The van der Waals surface area contributed by atoms with E-state index in [1.165, 1.54) is 6.20 Å². The standard InChI is InChI=1S/C22H21N3O3/c26-19-18(14-23-21(28)24-19)20(27)25-13-7-12-22(15-25,16-8-3-1-4-9-16)17-10-5-2-6-11-17/h1-6,8-11,14H,7,12-13,15H2,(H2,23,24,26,28). The summed E-state index contributed by atoms with van der Waals surface area (Å²) in [5.41, 5.74) is 0.623. The predicted octanol–water partition coefficient (Wildman–Crippen LogP) is 2.29. The molecule has 1 fully saturated rings. The number of rotatable bonds is 3. The molecule has 142 valence electrons. The number of carbonyl (C=O) groups excluding carboxylic acids is 1. The highest BCUT2D eigenvalue weighted by molar-refractivity contribution is 5.93. The highest BCUT2D eigenvalue weighted by Gasteiger charge is 2.40. The van der Waals surface area contributed by atoms with Crippen LogP contribution in [0.3, 0.4) is 0 Å². The first-order valence-corrected chi connectivity index (χ1v) is 9.32. The molecule has 6 nitrogen and oxygen atoms in total. The maximum atomic E-state index is 13.1. The Bertz CT molecular complexity index is 1050. The number of aromatic nitrogens is 2. The number of nitrogens with one attached hydrogen (secondary N) is 2. The number of aromatic amines is 2. The van der Waals surface area contributed by atoms with Crippen molar-refractivity contribution >= 4 is 5.91 Å². The van der Waals surface area contributed by atoms with E-state index in [9.17, 15) is 14.4 Å². The quantitative estimate of drug-likeness (QED) is 0.736. The third kappa shape index (κ3) is 3.17. The molecule has 2 N–H and O–H groups in total. The third-order valence-electron chi connectivity index (χ3n) is 5.48. The summed E-state index contributed by atoms with van der Waals surface area (Å²) < 4.78 is 0. The van der Waals surface area contributed by atoms with Crippen molar-refractivity contribution in [3.63, 3.8) is 0 Å². The average Bonchev–Trinajstić information content (AvgIpc) is 2.74. The maximum absolute atomic E-state index is 13.1. The number of H-pyrrole nitrogens is 2. The molecule has 1 amide bonds. The molecule has 28 heavy (non-hydrogen) atoms. The second-order valence-electron chi connectivity index (χ2n) is 7.13. The smallest absolute Gasteiger partial charge is 0.325 e. The van der Waals surface area contributed by atoms with Crippen molar-refractivity contribution in [2.24, 2.45) is 0 Å². The minimum atomic E-state index is -0.663. The van der Waals surface area contributed by atoms with E-state index < -0.39 is 11.2 Å². The van der Waals surface area contributed by atoms with Crippen LogP contribution in [-0.2, 0) is 5.41 Å². The highest BCUT2D eigenvalue weighted by Crippen LogP contribution is 2.40. The Morgan fingerprint density at radius 2 is 1.54 bits per heavy atom. The molecule has 1 aliphatic heterocycles. The number of likely N-dealkylation sites (tertiary alicyclic amines) is 1. The first-order chi connectivity index (χ1) is 13.6. The molecule has 0 spiro atoms. The minimum absolute atomic E-state index is 0.0449. The average molecular weight is 375 g/mol. The molecule has 2 aromatic carbocycles. The zero-order valence-corrected chi connectivity index (χ0v) is 15.4. The van der Waals surface area contributed by atoms with Gasteiger partial charge in [0, 0.05) is 24.7 Å². The molecular formula is C22H21N3O3. The summed E-state index contributed by atoms with van der Waals surface area (Å²) in [5, 5.41) is 0. The minimum Gasteiger partial charge on any atom is -0.337 e. The summed E-state index contributed by atoms with van der Waals surface area (Å²) in [6, 6.07) is 20.4. The molecule has 1 aromatic heterocycles. The number of hydrogen-bond acceptors (Lipinski definition) is 3. The summed E-state index contributed by atoms with van der Waals surface area (Å²) >= 11 is 0. The Balaban J connectivity index is 1.76. The van der Waals surface area contributed by atoms with Gasteiger partial charge in [-0.25, -0.2) is 4.79 Å². The zero-order valence-electron chi connectivity index (χ0n) is 15.4. The first kappa shape index (κ1) is 18.0. The molecule has 3 aromatic rings. The molecule has 0 bridgehead atoms. The van der Waals surface area contributed by atoms with Crippen LogP contribution in [-0.4, -0.2) is 33.9 Å². The fraction of sp³-hybridized carbons (Fsp3) is 0.227. The molecule has 0 aliphatic carbocycles. The molecule has 0 saturated carbocycles. The van der Waals surface area contributed by atoms with E-state index in [1.807, 2.05) is 36.4 Å². The van der Waals surface area contributed by atoms with E-state index >= 15 is 0 Å². The van der Waals surface area contributed by atoms with E-state index in [1.54, 1.807) is 4.90 Å². The van der Waals surface area contributed by atoms with Gasteiger partial charge in [-0.2, -0.15) is 0 Å². The fourth-order valence-corrected chi connectivity index (χ4v) is 4.12. The highest BCUT2D eigenvalue weighted by atomic mass is 16.2. The van der Waals surface area contributed by atoms with Crippen LogP contribution in [0.2, 0.25) is 0 Å². The lowest BCUT2D eigenvalue weighted by Gasteiger charge is -2.44. The summed E-state index contributed by atoms with van der Waals surface area (Å²) in [4.78, 5) is 42.7. The Hall–Kier alpha value is -3.41. The summed E-state index contributed by atoms with van der Waals surface area (Å²) in [7, 11) is 0. The monoisotopic (exact) mass is 375 g/mol. The van der Waals surface area contributed by atoms with Crippen LogP contribution >= 0.6 is 0 Å². The van der Waals surface area contributed by atoms with Crippen LogP contribution in [0, 0.1) is 0 Å². The second kappa shape index (κ2) is 7.31. The number of carbonyl (C=O) groups is 1. The van der Waals surface area contributed by atoms with Crippen molar-refractivity contribution in [3.8, 4) is 0 Å². The van der Waals surface area contributed by atoms with Crippen LogP contribution in [0.15, 0.2) is 76.4 Å². The van der Waals surface area contributed by atoms with E-state index in [-0.39, 0.29) is 16.9 Å². The number of amides is 1. The molecule has 2 heterocycles. The lowest BCUT2D eigenvalue weighted by atomic mass is 9.69. The van der Waals surface area contributed by atoms with Gasteiger partial charge in [0.05, 0.1) is 0 Å². The maximum Gasteiger partial charge on any atom is 0.325 e. The van der Waals surface area contributed by atoms with Crippen molar-refractivity contribution in [2.45, 2.75) is 18.3 Å². The Kier molecular flexibility index (Phi) is 4.69. The molecule has 1 saturated heterocycles. The van der Waals surface area contributed by atoms with Gasteiger partial charge >= 0.3 is 5.69 Å². The van der Waals surface area contributed by atoms with Crippen molar-refractivity contribution in [1.82, 2.24) is 14.9 Å². The Labute approximate surface area is 161 Å². The summed E-state index contributed by atoms with van der Waals surface area (Å²) in [5.74, 6) is -0.367. The van der Waals surface area contributed by atoms with Crippen LogP contribution in [0.5, 0.6) is 0 Å². The van der Waals surface area contributed by atoms with Crippen molar-refractivity contribution in [2.75, 3.05) is 13.1 Å². The van der Waals surface area contributed by atoms with Gasteiger partial charge in [0.15, 0.2) is 0 Å². The van der Waals surface area contributed by atoms with E-state index in [0.29, 0.717) is 13.1 Å². The topological polar surface area (TPSA) is 86.0 Å². The van der Waals surface area contributed by atoms with E-state index in [2.05, 4.69) is 34.2 Å². The molecule has 1 aliphatic rings.